The smallest absolute Gasteiger partial charge is 0.279 e. The van der Waals surface area contributed by atoms with Gasteiger partial charge in [-0.15, -0.1) is 0 Å². The number of nitrogens with two attached hydrogens (primary N) is 1. The van der Waals surface area contributed by atoms with Crippen LogP contribution in [-0.2, 0) is 22.6 Å². The summed E-state index contributed by atoms with van der Waals surface area (Å²) in [4.78, 5) is 26.3. The number of benzene rings is 3. The predicted molar refractivity (Wildman–Crippen MR) is 121 cm³/mol. The van der Waals surface area contributed by atoms with E-state index >= 15 is 0 Å². The zero-order valence-electron chi connectivity index (χ0n) is 17.9. The second-order valence-corrected chi connectivity index (χ2v) is 8.16. The topological polar surface area (TPSA) is 74.8 Å². The minimum absolute atomic E-state index is 0.126. The SMILES string of the molecule is Cc1ccc(NC(=O)[C@H](NC(=O)[C@@H]2Cc3ccccc3C[NH2+]2)c2ccccc2)cc1C. The van der Waals surface area contributed by atoms with Crippen molar-refractivity contribution in [1.82, 2.24) is 5.32 Å². The summed E-state index contributed by atoms with van der Waals surface area (Å²) in [5.74, 6) is -0.377. The van der Waals surface area contributed by atoms with Gasteiger partial charge in [-0.05, 0) is 48.2 Å². The highest BCUT2D eigenvalue weighted by Gasteiger charge is 2.31. The van der Waals surface area contributed by atoms with E-state index < -0.39 is 6.04 Å². The molecule has 0 aromatic heterocycles. The van der Waals surface area contributed by atoms with Crippen LogP contribution in [0.15, 0.2) is 72.8 Å². The molecule has 0 saturated heterocycles. The molecule has 1 heterocycles. The van der Waals surface area contributed by atoms with E-state index in [0.717, 1.165) is 23.4 Å². The maximum atomic E-state index is 13.2. The monoisotopic (exact) mass is 414 g/mol. The Balaban J connectivity index is 1.52. The number of aryl methyl sites for hydroxylation is 2. The van der Waals surface area contributed by atoms with Crippen molar-refractivity contribution in [3.8, 4) is 0 Å². The summed E-state index contributed by atoms with van der Waals surface area (Å²) in [7, 11) is 0. The van der Waals surface area contributed by atoms with E-state index in [2.05, 4.69) is 22.8 Å². The molecule has 0 saturated carbocycles. The fourth-order valence-corrected chi connectivity index (χ4v) is 3.97. The van der Waals surface area contributed by atoms with Crippen LogP contribution >= 0.6 is 0 Å². The van der Waals surface area contributed by atoms with Gasteiger partial charge >= 0.3 is 0 Å². The van der Waals surface area contributed by atoms with Gasteiger partial charge in [0.25, 0.3) is 11.8 Å². The predicted octanol–water partition coefficient (Wildman–Crippen LogP) is 2.79. The lowest BCUT2D eigenvalue weighted by atomic mass is 9.95. The molecule has 4 N–H and O–H groups in total. The van der Waals surface area contributed by atoms with Gasteiger partial charge in [-0.1, -0.05) is 60.7 Å². The maximum absolute atomic E-state index is 13.2. The molecule has 0 fully saturated rings. The Labute approximate surface area is 182 Å². The summed E-state index contributed by atoms with van der Waals surface area (Å²) in [5, 5.41) is 8.01. The van der Waals surface area contributed by atoms with Crippen LogP contribution in [0.5, 0.6) is 0 Å². The van der Waals surface area contributed by atoms with Crippen molar-refractivity contribution in [2.45, 2.75) is 38.9 Å². The van der Waals surface area contributed by atoms with Gasteiger partial charge in [-0.2, -0.15) is 0 Å². The van der Waals surface area contributed by atoms with Crippen molar-refractivity contribution in [3.63, 3.8) is 0 Å². The van der Waals surface area contributed by atoms with Crippen molar-refractivity contribution in [3.05, 3.63) is 101 Å². The Kier molecular flexibility index (Phi) is 6.14. The van der Waals surface area contributed by atoms with Gasteiger partial charge in [-0.25, -0.2) is 0 Å². The average molecular weight is 415 g/mol. The first-order valence-corrected chi connectivity index (χ1v) is 10.6. The molecule has 0 unspecified atom stereocenters. The molecule has 1 aliphatic heterocycles. The van der Waals surface area contributed by atoms with Gasteiger partial charge < -0.3 is 16.0 Å². The number of nitrogens with one attached hydrogen (secondary N) is 2. The minimum Gasteiger partial charge on any atom is -0.335 e. The van der Waals surface area contributed by atoms with Crippen molar-refractivity contribution >= 4 is 17.5 Å². The molecule has 5 heteroatoms. The summed E-state index contributed by atoms with van der Waals surface area (Å²) >= 11 is 0. The molecule has 158 valence electrons. The Bertz CT molecular complexity index is 1090. The number of anilines is 1. The molecule has 4 rings (SSSR count). The highest BCUT2D eigenvalue weighted by atomic mass is 16.2. The fraction of sp³-hybridized carbons (Fsp3) is 0.231. The van der Waals surface area contributed by atoms with Gasteiger partial charge in [0.2, 0.25) is 0 Å². The number of hydrogen-bond acceptors (Lipinski definition) is 2. The van der Waals surface area contributed by atoms with Gasteiger partial charge in [0.15, 0.2) is 6.04 Å². The van der Waals surface area contributed by atoms with Crippen LogP contribution in [0.3, 0.4) is 0 Å². The molecular weight excluding hydrogens is 386 g/mol. The quantitative estimate of drug-likeness (QED) is 0.601. The molecule has 2 amide bonds. The summed E-state index contributed by atoms with van der Waals surface area (Å²) in [6.45, 7) is 4.81. The highest BCUT2D eigenvalue weighted by Crippen LogP contribution is 2.19. The standard InChI is InChI=1S/C26H27N3O2/c1-17-12-13-22(14-18(17)2)28-26(31)24(19-8-4-3-5-9-19)29-25(30)23-15-20-10-6-7-11-21(20)16-27-23/h3-14,23-24,27H,15-16H2,1-2H3,(H,28,31)(H,29,30)/p+1/t23-,24+/m0/s1. The van der Waals surface area contributed by atoms with Gasteiger partial charge in [-0.3, -0.25) is 9.59 Å². The second-order valence-electron chi connectivity index (χ2n) is 8.16. The van der Waals surface area contributed by atoms with Crippen LogP contribution in [0.4, 0.5) is 5.69 Å². The van der Waals surface area contributed by atoms with E-state index in [1.54, 1.807) is 0 Å². The number of rotatable bonds is 5. The fourth-order valence-electron chi connectivity index (χ4n) is 3.97. The van der Waals surface area contributed by atoms with E-state index in [1.807, 2.05) is 79.8 Å². The third kappa shape index (κ3) is 4.84. The zero-order valence-corrected chi connectivity index (χ0v) is 17.9. The van der Waals surface area contributed by atoms with Crippen molar-refractivity contribution < 1.29 is 14.9 Å². The van der Waals surface area contributed by atoms with Crippen LogP contribution < -0.4 is 16.0 Å². The molecule has 5 nitrogen and oxygen atoms in total. The largest absolute Gasteiger partial charge is 0.335 e. The molecular formula is C26H28N3O2+. The summed E-state index contributed by atoms with van der Waals surface area (Å²) < 4.78 is 0. The molecule has 3 aromatic rings. The maximum Gasteiger partial charge on any atom is 0.279 e. The van der Waals surface area contributed by atoms with E-state index in [0.29, 0.717) is 6.42 Å². The zero-order chi connectivity index (χ0) is 21.8. The Morgan fingerprint density at radius 3 is 2.35 bits per heavy atom. The minimum atomic E-state index is -0.763. The molecule has 1 aliphatic rings. The summed E-state index contributed by atoms with van der Waals surface area (Å²) in [6.07, 6.45) is 0.655. The first-order chi connectivity index (χ1) is 15.0. The normalized spacial score (nSPS) is 16.1. The van der Waals surface area contributed by atoms with Gasteiger partial charge in [0.05, 0.1) is 0 Å². The molecule has 2 atom stereocenters. The van der Waals surface area contributed by atoms with Crippen LogP contribution in [0.1, 0.15) is 33.9 Å². The second kappa shape index (κ2) is 9.14. The first kappa shape index (κ1) is 20.8. The highest BCUT2D eigenvalue weighted by molar-refractivity contribution is 5.98. The molecule has 0 spiro atoms. The van der Waals surface area contributed by atoms with Crippen molar-refractivity contribution in [2.24, 2.45) is 0 Å². The lowest BCUT2D eigenvalue weighted by Crippen LogP contribution is -2.93. The van der Waals surface area contributed by atoms with Crippen LogP contribution in [0.2, 0.25) is 0 Å². The van der Waals surface area contributed by atoms with Crippen molar-refractivity contribution in [2.75, 3.05) is 5.32 Å². The van der Waals surface area contributed by atoms with E-state index in [9.17, 15) is 9.59 Å². The average Bonchev–Trinajstić information content (AvgIpc) is 2.80. The van der Waals surface area contributed by atoms with Crippen LogP contribution in [0, 0.1) is 13.8 Å². The third-order valence-corrected chi connectivity index (χ3v) is 5.97. The van der Waals surface area contributed by atoms with Crippen LogP contribution in [0.25, 0.3) is 0 Å². The number of carbonyl (C=O) groups excluding carboxylic acids is 2. The van der Waals surface area contributed by atoms with E-state index in [1.165, 1.54) is 16.7 Å². The number of hydrogen-bond donors (Lipinski definition) is 3. The van der Waals surface area contributed by atoms with E-state index in [-0.39, 0.29) is 17.9 Å². The van der Waals surface area contributed by atoms with Gasteiger partial charge in [0, 0.05) is 17.7 Å². The first-order valence-electron chi connectivity index (χ1n) is 10.6. The number of amides is 2. The molecule has 31 heavy (non-hydrogen) atoms. The summed E-state index contributed by atoms with van der Waals surface area (Å²) in [6, 6.07) is 22.4. The third-order valence-electron chi connectivity index (χ3n) is 5.97. The lowest BCUT2D eigenvalue weighted by Gasteiger charge is -2.25. The van der Waals surface area contributed by atoms with Crippen LogP contribution in [-0.4, -0.2) is 17.9 Å². The Morgan fingerprint density at radius 1 is 0.903 bits per heavy atom. The Hall–Kier alpha value is -3.44. The number of fused-ring (bicyclic) bond motifs is 1. The van der Waals surface area contributed by atoms with Crippen molar-refractivity contribution in [1.29, 1.82) is 0 Å². The lowest BCUT2D eigenvalue weighted by molar-refractivity contribution is -0.695. The molecule has 0 bridgehead atoms. The van der Waals surface area contributed by atoms with E-state index in [4.69, 9.17) is 0 Å². The van der Waals surface area contributed by atoms with Gasteiger partial charge in [0.1, 0.15) is 12.6 Å². The summed E-state index contributed by atoms with van der Waals surface area (Å²) in [5.41, 5.74) is 6.21. The molecule has 3 aromatic carbocycles. The molecule has 0 radical (unpaired) electrons. The number of quaternary nitrogens is 1. The Morgan fingerprint density at radius 2 is 1.61 bits per heavy atom. The number of carbonyl (C=O) groups is 2. The molecule has 0 aliphatic carbocycles.